The lowest BCUT2D eigenvalue weighted by Crippen LogP contribution is -2.25. The highest BCUT2D eigenvalue weighted by Gasteiger charge is 2.01. The first-order valence-corrected chi connectivity index (χ1v) is 8.10. The zero-order valence-corrected chi connectivity index (χ0v) is 15.1. The third-order valence-corrected chi connectivity index (χ3v) is 3.50. The van der Waals surface area contributed by atoms with Crippen LogP contribution in [-0.4, -0.2) is 15.9 Å². The average Bonchev–Trinajstić information content (AvgIpc) is 2.55. The van der Waals surface area contributed by atoms with Crippen molar-refractivity contribution in [2.45, 2.75) is 13.8 Å². The predicted octanol–water partition coefficient (Wildman–Crippen LogP) is 3.36. The number of nitrogens with zero attached hydrogens (tertiary/aromatic N) is 1. The molecule has 0 aliphatic heterocycles. The minimum Gasteiger partial charge on any atom is -0.375 e. The SMILES string of the molecule is C/C(=N/NC(N)=S)c1ccc(NC(=S)Nc2ccc(C)cc2)cc1. The van der Waals surface area contributed by atoms with Gasteiger partial charge in [0.2, 0.25) is 0 Å². The van der Waals surface area contributed by atoms with E-state index in [1.54, 1.807) is 0 Å². The molecule has 0 spiro atoms. The molecule has 0 amide bonds. The van der Waals surface area contributed by atoms with Gasteiger partial charge in [0.15, 0.2) is 10.2 Å². The van der Waals surface area contributed by atoms with Crippen molar-refractivity contribution in [2.75, 3.05) is 10.6 Å². The Morgan fingerprint density at radius 3 is 1.92 bits per heavy atom. The second-order valence-corrected chi connectivity index (χ2v) is 6.04. The molecule has 124 valence electrons. The van der Waals surface area contributed by atoms with E-state index >= 15 is 0 Å². The fourth-order valence-corrected chi connectivity index (χ4v) is 2.21. The molecule has 0 bridgehead atoms. The van der Waals surface area contributed by atoms with E-state index in [9.17, 15) is 0 Å². The Balaban J connectivity index is 1.95. The first-order valence-electron chi connectivity index (χ1n) is 7.29. The smallest absolute Gasteiger partial charge is 0.184 e. The van der Waals surface area contributed by atoms with Gasteiger partial charge in [0.25, 0.3) is 0 Å². The Hall–Kier alpha value is -2.51. The molecule has 0 aliphatic carbocycles. The van der Waals surface area contributed by atoms with Crippen LogP contribution in [0.5, 0.6) is 0 Å². The third kappa shape index (κ3) is 5.60. The van der Waals surface area contributed by atoms with Gasteiger partial charge in [0, 0.05) is 11.4 Å². The van der Waals surface area contributed by atoms with Gasteiger partial charge in [-0.25, -0.2) is 0 Å². The van der Waals surface area contributed by atoms with Crippen molar-refractivity contribution < 1.29 is 0 Å². The van der Waals surface area contributed by atoms with Crippen LogP contribution in [0, 0.1) is 6.92 Å². The van der Waals surface area contributed by atoms with Crippen molar-refractivity contribution in [3.05, 3.63) is 59.7 Å². The molecular formula is C17H19N5S2. The topological polar surface area (TPSA) is 74.5 Å². The maximum absolute atomic E-state index is 5.35. The Morgan fingerprint density at radius 2 is 1.42 bits per heavy atom. The number of rotatable bonds is 4. The largest absolute Gasteiger partial charge is 0.375 e. The summed E-state index contributed by atoms with van der Waals surface area (Å²) < 4.78 is 0. The number of nitrogens with one attached hydrogen (secondary N) is 3. The van der Waals surface area contributed by atoms with Gasteiger partial charge in [-0.1, -0.05) is 29.8 Å². The molecule has 0 atom stereocenters. The highest BCUT2D eigenvalue weighted by molar-refractivity contribution is 7.80. The van der Waals surface area contributed by atoms with E-state index in [1.165, 1.54) is 5.56 Å². The number of hydrogen-bond donors (Lipinski definition) is 4. The van der Waals surface area contributed by atoms with Gasteiger partial charge in [-0.05, 0) is 68.1 Å². The average molecular weight is 358 g/mol. The van der Waals surface area contributed by atoms with Crippen LogP contribution in [0.1, 0.15) is 18.1 Å². The van der Waals surface area contributed by atoms with E-state index in [-0.39, 0.29) is 5.11 Å². The summed E-state index contributed by atoms with van der Waals surface area (Å²) in [5, 5.41) is 11.1. The number of nitrogens with two attached hydrogens (primary N) is 1. The summed E-state index contributed by atoms with van der Waals surface area (Å²) in [6.45, 7) is 3.92. The molecule has 2 aromatic carbocycles. The van der Waals surface area contributed by atoms with E-state index in [0.717, 1.165) is 22.6 Å². The summed E-state index contributed by atoms with van der Waals surface area (Å²) in [7, 11) is 0. The Kier molecular flexibility index (Phi) is 6.22. The van der Waals surface area contributed by atoms with Crippen molar-refractivity contribution in [3.8, 4) is 0 Å². The zero-order chi connectivity index (χ0) is 17.5. The lowest BCUT2D eigenvalue weighted by molar-refractivity contribution is 1.03. The summed E-state index contributed by atoms with van der Waals surface area (Å²) in [5.41, 5.74) is 12.7. The van der Waals surface area contributed by atoms with Gasteiger partial charge >= 0.3 is 0 Å². The Morgan fingerprint density at radius 1 is 0.917 bits per heavy atom. The maximum atomic E-state index is 5.35. The van der Waals surface area contributed by atoms with Gasteiger partial charge < -0.3 is 16.4 Å². The summed E-state index contributed by atoms with van der Waals surface area (Å²) >= 11 is 10.0. The van der Waals surface area contributed by atoms with Crippen LogP contribution in [0.2, 0.25) is 0 Å². The van der Waals surface area contributed by atoms with E-state index < -0.39 is 0 Å². The standard InChI is InChI=1S/C17H19N5S2/c1-11-3-7-14(8-4-11)19-17(24)20-15-9-5-13(6-10-15)12(2)21-22-16(18)23/h3-10H,1-2H3,(H3,18,22,23)(H2,19,20,24)/b21-12-. The molecule has 0 heterocycles. The summed E-state index contributed by atoms with van der Waals surface area (Å²) in [6, 6.07) is 15.8. The Bertz CT molecular complexity index is 752. The quantitative estimate of drug-likeness (QED) is 0.382. The third-order valence-electron chi connectivity index (χ3n) is 3.20. The maximum Gasteiger partial charge on any atom is 0.184 e. The summed E-state index contributed by atoms with van der Waals surface area (Å²) in [5.74, 6) is 0. The van der Waals surface area contributed by atoms with Crippen LogP contribution in [-0.2, 0) is 0 Å². The van der Waals surface area contributed by atoms with Crippen molar-refractivity contribution in [2.24, 2.45) is 10.8 Å². The lowest BCUT2D eigenvalue weighted by Gasteiger charge is -2.11. The summed E-state index contributed by atoms with van der Waals surface area (Å²) in [4.78, 5) is 0. The first-order chi connectivity index (χ1) is 11.4. The molecule has 2 rings (SSSR count). The van der Waals surface area contributed by atoms with Crippen LogP contribution in [0.3, 0.4) is 0 Å². The molecule has 2 aromatic rings. The number of hydrogen-bond acceptors (Lipinski definition) is 3. The predicted molar refractivity (Wildman–Crippen MR) is 110 cm³/mol. The molecule has 5 N–H and O–H groups in total. The monoisotopic (exact) mass is 357 g/mol. The van der Waals surface area contributed by atoms with Crippen molar-refractivity contribution >= 4 is 51.7 Å². The van der Waals surface area contributed by atoms with Crippen LogP contribution in [0.25, 0.3) is 0 Å². The molecule has 5 nitrogen and oxygen atoms in total. The van der Waals surface area contributed by atoms with E-state index in [4.69, 9.17) is 30.2 Å². The minimum absolute atomic E-state index is 0.139. The highest BCUT2D eigenvalue weighted by atomic mass is 32.1. The van der Waals surface area contributed by atoms with E-state index in [2.05, 4.69) is 21.2 Å². The number of aryl methyl sites for hydroxylation is 1. The molecule has 0 unspecified atom stereocenters. The molecule has 0 saturated heterocycles. The summed E-state index contributed by atoms with van der Waals surface area (Å²) in [6.07, 6.45) is 0. The molecule has 0 fully saturated rings. The second-order valence-electron chi connectivity index (χ2n) is 5.20. The van der Waals surface area contributed by atoms with Crippen LogP contribution in [0.4, 0.5) is 11.4 Å². The lowest BCUT2D eigenvalue weighted by atomic mass is 10.1. The number of benzene rings is 2. The van der Waals surface area contributed by atoms with Crippen LogP contribution >= 0.6 is 24.4 Å². The van der Waals surface area contributed by atoms with E-state index in [1.807, 2.05) is 62.4 Å². The second kappa shape index (κ2) is 8.37. The Labute approximate surface area is 152 Å². The van der Waals surface area contributed by atoms with Gasteiger partial charge in [-0.3, -0.25) is 5.43 Å². The fraction of sp³-hybridized carbons (Fsp3) is 0.118. The van der Waals surface area contributed by atoms with Crippen molar-refractivity contribution in [1.29, 1.82) is 0 Å². The molecule has 24 heavy (non-hydrogen) atoms. The van der Waals surface area contributed by atoms with Crippen molar-refractivity contribution in [1.82, 2.24) is 5.43 Å². The number of hydrazone groups is 1. The molecule has 0 aliphatic rings. The van der Waals surface area contributed by atoms with Gasteiger partial charge in [0.1, 0.15) is 0 Å². The fourth-order valence-electron chi connectivity index (χ4n) is 1.93. The molecule has 0 saturated carbocycles. The van der Waals surface area contributed by atoms with E-state index in [0.29, 0.717) is 5.11 Å². The van der Waals surface area contributed by atoms with Gasteiger partial charge in [-0.2, -0.15) is 5.10 Å². The molecular weight excluding hydrogens is 338 g/mol. The minimum atomic E-state index is 0.139. The van der Waals surface area contributed by atoms with Crippen LogP contribution in [0.15, 0.2) is 53.6 Å². The van der Waals surface area contributed by atoms with Gasteiger partial charge in [0.05, 0.1) is 5.71 Å². The molecule has 7 heteroatoms. The zero-order valence-electron chi connectivity index (χ0n) is 13.5. The van der Waals surface area contributed by atoms with Crippen LogP contribution < -0.4 is 21.8 Å². The first kappa shape index (κ1) is 17.8. The van der Waals surface area contributed by atoms with Gasteiger partial charge in [-0.15, -0.1) is 0 Å². The van der Waals surface area contributed by atoms with Crippen molar-refractivity contribution in [3.63, 3.8) is 0 Å². The number of anilines is 2. The normalized spacial score (nSPS) is 10.8. The highest BCUT2D eigenvalue weighted by Crippen LogP contribution is 2.13. The number of thiocarbonyl (C=S) groups is 2. The molecule has 0 radical (unpaired) electrons. The molecule has 0 aromatic heterocycles.